The van der Waals surface area contributed by atoms with Crippen LogP contribution in [0.4, 0.5) is 26.7 Å². The Hall–Kier alpha value is -1.90. The summed E-state index contributed by atoms with van der Waals surface area (Å²) in [6.07, 6.45) is -5.55. The van der Waals surface area contributed by atoms with E-state index >= 15 is 0 Å². The molecule has 1 heterocycles. The van der Waals surface area contributed by atoms with Crippen LogP contribution in [0.25, 0.3) is 0 Å². The molecule has 0 radical (unpaired) electrons. The van der Waals surface area contributed by atoms with Gasteiger partial charge in [0, 0.05) is 18.7 Å². The summed E-state index contributed by atoms with van der Waals surface area (Å²) in [4.78, 5) is 12.8. The molecular weight excluding hydrogens is 311 g/mol. The number of carbonyl (C=O) groups is 1. The number of carbonyl (C=O) groups excluding carboxylic acids is 1. The van der Waals surface area contributed by atoms with Gasteiger partial charge in [-0.05, 0) is 12.5 Å². The van der Waals surface area contributed by atoms with Crippen molar-refractivity contribution in [2.75, 3.05) is 13.1 Å². The van der Waals surface area contributed by atoms with Gasteiger partial charge in [-0.25, -0.2) is 13.6 Å². The summed E-state index contributed by atoms with van der Waals surface area (Å²) in [5.74, 6) is -3.09. The second-order valence-electron chi connectivity index (χ2n) is 4.96. The molecule has 2 N–H and O–H groups in total. The molecule has 0 bridgehead atoms. The summed E-state index contributed by atoms with van der Waals surface area (Å²) in [6, 6.07) is -1.39. The summed E-state index contributed by atoms with van der Waals surface area (Å²) in [6.45, 7) is -0.0226. The number of likely N-dealkylation sites (tertiary alicyclic amines) is 1. The number of rotatable bonds is 2. The monoisotopic (exact) mass is 324 g/mol. The van der Waals surface area contributed by atoms with Crippen molar-refractivity contribution in [3.63, 3.8) is 0 Å². The van der Waals surface area contributed by atoms with E-state index < -0.39 is 41.6 Å². The van der Waals surface area contributed by atoms with Crippen LogP contribution in [0.5, 0.6) is 0 Å². The van der Waals surface area contributed by atoms with E-state index in [0.29, 0.717) is 6.07 Å². The van der Waals surface area contributed by atoms with E-state index in [1.165, 1.54) is 0 Å². The van der Waals surface area contributed by atoms with E-state index in [1.807, 2.05) is 0 Å². The van der Waals surface area contributed by atoms with Crippen LogP contribution in [0.2, 0.25) is 0 Å². The van der Waals surface area contributed by atoms with E-state index in [9.17, 15) is 31.9 Å². The predicted molar refractivity (Wildman–Crippen MR) is 65.9 cm³/mol. The highest BCUT2D eigenvalue weighted by atomic mass is 19.4. The van der Waals surface area contributed by atoms with Gasteiger partial charge in [-0.15, -0.1) is 0 Å². The smallest absolute Gasteiger partial charge is 0.391 e. The number of nitrogens with zero attached hydrogens (tertiary/aromatic N) is 1. The molecule has 0 saturated carbocycles. The molecule has 0 aromatic heterocycles. The number of amides is 2. The quantitative estimate of drug-likeness (QED) is 0.821. The van der Waals surface area contributed by atoms with Crippen LogP contribution < -0.4 is 5.32 Å². The molecule has 1 saturated heterocycles. The molecule has 1 aliphatic rings. The summed E-state index contributed by atoms with van der Waals surface area (Å²) >= 11 is 0. The Kier molecular flexibility index (Phi) is 4.55. The molecule has 122 valence electrons. The Morgan fingerprint density at radius 3 is 2.59 bits per heavy atom. The highest BCUT2D eigenvalue weighted by Gasteiger charge is 2.44. The first-order valence-corrected chi connectivity index (χ1v) is 6.44. The Bertz CT molecular complexity index is 564. The van der Waals surface area contributed by atoms with Gasteiger partial charge in [0.05, 0.1) is 6.10 Å². The van der Waals surface area contributed by atoms with Crippen LogP contribution in [-0.2, 0) is 0 Å². The van der Waals surface area contributed by atoms with Crippen molar-refractivity contribution < 1.29 is 31.9 Å². The van der Waals surface area contributed by atoms with Crippen molar-refractivity contribution >= 4 is 6.03 Å². The Morgan fingerprint density at radius 1 is 1.36 bits per heavy atom. The van der Waals surface area contributed by atoms with Gasteiger partial charge in [-0.1, -0.05) is 12.1 Å². The molecule has 0 aliphatic carbocycles. The van der Waals surface area contributed by atoms with Crippen molar-refractivity contribution in [1.82, 2.24) is 10.2 Å². The summed E-state index contributed by atoms with van der Waals surface area (Å²) in [5.41, 5.74) is -0.999. The molecule has 1 fully saturated rings. The minimum atomic E-state index is -5.00. The maximum absolute atomic E-state index is 13.6. The van der Waals surface area contributed by atoms with Crippen molar-refractivity contribution in [3.8, 4) is 0 Å². The lowest BCUT2D eigenvalue weighted by Crippen LogP contribution is -2.45. The number of aliphatic hydroxyl groups is 1. The average Bonchev–Trinajstić information content (AvgIpc) is 2.85. The van der Waals surface area contributed by atoms with Crippen molar-refractivity contribution in [1.29, 1.82) is 0 Å². The molecule has 0 spiro atoms. The Balaban J connectivity index is 2.24. The molecular formula is C13H13F5N2O2. The molecule has 4 nitrogen and oxygen atoms in total. The predicted octanol–water partition coefficient (Wildman–Crippen LogP) is 2.34. The Labute approximate surface area is 122 Å². The van der Waals surface area contributed by atoms with Crippen molar-refractivity contribution in [2.45, 2.75) is 24.7 Å². The van der Waals surface area contributed by atoms with E-state index in [4.69, 9.17) is 0 Å². The fourth-order valence-corrected chi connectivity index (χ4v) is 2.22. The first kappa shape index (κ1) is 16.5. The number of hydrogen-bond donors (Lipinski definition) is 2. The van der Waals surface area contributed by atoms with Gasteiger partial charge >= 0.3 is 12.2 Å². The fourth-order valence-electron chi connectivity index (χ4n) is 2.22. The van der Waals surface area contributed by atoms with Crippen LogP contribution in [0.3, 0.4) is 0 Å². The third-order valence-electron chi connectivity index (χ3n) is 3.34. The number of halogens is 5. The molecule has 2 rings (SSSR count). The van der Waals surface area contributed by atoms with Gasteiger partial charge in [0.1, 0.15) is 0 Å². The summed E-state index contributed by atoms with van der Waals surface area (Å²) < 4.78 is 65.9. The zero-order valence-corrected chi connectivity index (χ0v) is 11.2. The van der Waals surface area contributed by atoms with Crippen molar-refractivity contribution in [3.05, 3.63) is 35.4 Å². The average molecular weight is 324 g/mol. The molecule has 22 heavy (non-hydrogen) atoms. The van der Waals surface area contributed by atoms with Crippen LogP contribution in [0, 0.1) is 11.6 Å². The standard InChI is InChI=1S/C13H13F5N2O2/c14-9-3-1-2-8(10(9)15)11(13(16,17)18)19-12(22)20-5-4-7(21)6-20/h1-3,7,11,21H,4-6H2,(H,19,22)/t7-,11-/m0/s1. The largest absolute Gasteiger partial charge is 0.413 e. The normalized spacial score (nSPS) is 20.1. The third kappa shape index (κ3) is 3.46. The lowest BCUT2D eigenvalue weighted by Gasteiger charge is -2.25. The molecule has 2 atom stereocenters. The van der Waals surface area contributed by atoms with E-state index in [0.717, 1.165) is 17.0 Å². The number of alkyl halides is 3. The molecule has 1 aromatic carbocycles. The number of hydrogen-bond acceptors (Lipinski definition) is 2. The lowest BCUT2D eigenvalue weighted by molar-refractivity contribution is -0.156. The van der Waals surface area contributed by atoms with Crippen LogP contribution in [0.15, 0.2) is 18.2 Å². The maximum Gasteiger partial charge on any atom is 0.413 e. The summed E-state index contributed by atoms with van der Waals surface area (Å²) in [5, 5.41) is 10.9. The molecule has 2 amide bonds. The zero-order valence-electron chi connectivity index (χ0n) is 11.2. The van der Waals surface area contributed by atoms with Crippen molar-refractivity contribution in [2.24, 2.45) is 0 Å². The van der Waals surface area contributed by atoms with Gasteiger partial charge in [0.2, 0.25) is 0 Å². The van der Waals surface area contributed by atoms with Crippen LogP contribution >= 0.6 is 0 Å². The van der Waals surface area contributed by atoms with E-state index in [1.54, 1.807) is 5.32 Å². The third-order valence-corrected chi connectivity index (χ3v) is 3.34. The number of β-amino-alcohol motifs (C(OH)–C–C–N with tert-alkyl or cyclic N) is 1. The van der Waals surface area contributed by atoms with Gasteiger partial charge < -0.3 is 15.3 Å². The fraction of sp³-hybridized carbons (Fsp3) is 0.462. The van der Waals surface area contributed by atoms with Crippen LogP contribution in [0.1, 0.15) is 18.0 Å². The highest BCUT2D eigenvalue weighted by Crippen LogP contribution is 2.34. The van der Waals surface area contributed by atoms with Gasteiger partial charge in [0.15, 0.2) is 17.7 Å². The second-order valence-corrected chi connectivity index (χ2v) is 4.96. The SMILES string of the molecule is O=C(N[C@@H](c1cccc(F)c1F)C(F)(F)F)N1CC[C@H](O)C1. The minimum absolute atomic E-state index is 0.0865. The van der Waals surface area contributed by atoms with E-state index in [2.05, 4.69) is 0 Å². The number of benzene rings is 1. The maximum atomic E-state index is 13.6. The lowest BCUT2D eigenvalue weighted by atomic mass is 10.1. The molecule has 9 heteroatoms. The highest BCUT2D eigenvalue weighted by molar-refractivity contribution is 5.75. The number of aliphatic hydroxyl groups excluding tert-OH is 1. The zero-order chi connectivity index (χ0) is 16.5. The topological polar surface area (TPSA) is 52.6 Å². The van der Waals surface area contributed by atoms with Gasteiger partial charge in [-0.2, -0.15) is 13.2 Å². The first-order valence-electron chi connectivity index (χ1n) is 6.44. The molecule has 1 aliphatic heterocycles. The molecule has 1 aromatic rings. The minimum Gasteiger partial charge on any atom is -0.391 e. The van der Waals surface area contributed by atoms with Gasteiger partial charge in [-0.3, -0.25) is 0 Å². The number of urea groups is 1. The van der Waals surface area contributed by atoms with Gasteiger partial charge in [0.25, 0.3) is 0 Å². The second kappa shape index (κ2) is 6.07. The summed E-state index contributed by atoms with van der Waals surface area (Å²) in [7, 11) is 0. The van der Waals surface area contributed by atoms with E-state index in [-0.39, 0.29) is 19.5 Å². The van der Waals surface area contributed by atoms with Crippen LogP contribution in [-0.4, -0.2) is 41.4 Å². The first-order chi connectivity index (χ1) is 10.2. The number of nitrogens with one attached hydrogen (secondary N) is 1. The Morgan fingerprint density at radius 2 is 2.05 bits per heavy atom. The molecule has 0 unspecified atom stereocenters.